The topological polar surface area (TPSA) is 92.8 Å². The third-order valence-electron chi connectivity index (χ3n) is 2.35. The normalized spacial score (nSPS) is 19.9. The zero-order valence-corrected chi connectivity index (χ0v) is 9.69. The first-order valence-corrected chi connectivity index (χ1v) is 5.32. The molecule has 1 fully saturated rings. The molecular formula is C10H14N2O5. The molecule has 17 heavy (non-hydrogen) atoms. The Bertz CT molecular complexity index is 366. The number of esters is 1. The molecule has 1 N–H and O–H groups in total. The van der Waals surface area contributed by atoms with Crippen molar-refractivity contribution in [2.45, 2.75) is 26.3 Å². The SMILES string of the molecule is CCOC(=O)C(=O)N1CC(=O)NC(=O)C1CC. The molecular weight excluding hydrogens is 228 g/mol. The molecule has 7 heteroatoms. The van der Waals surface area contributed by atoms with Crippen molar-refractivity contribution < 1.29 is 23.9 Å². The number of hydrogen-bond acceptors (Lipinski definition) is 5. The average molecular weight is 242 g/mol. The van der Waals surface area contributed by atoms with E-state index in [1.165, 1.54) is 0 Å². The molecule has 1 heterocycles. The van der Waals surface area contributed by atoms with Crippen molar-refractivity contribution >= 4 is 23.7 Å². The van der Waals surface area contributed by atoms with Crippen LogP contribution in [0.2, 0.25) is 0 Å². The van der Waals surface area contributed by atoms with Gasteiger partial charge in [0.1, 0.15) is 12.6 Å². The number of hydrogen-bond donors (Lipinski definition) is 1. The van der Waals surface area contributed by atoms with Crippen LogP contribution in [0.15, 0.2) is 0 Å². The van der Waals surface area contributed by atoms with Crippen molar-refractivity contribution in [2.24, 2.45) is 0 Å². The van der Waals surface area contributed by atoms with Gasteiger partial charge in [0.25, 0.3) is 0 Å². The van der Waals surface area contributed by atoms with Crippen molar-refractivity contribution in [2.75, 3.05) is 13.2 Å². The maximum atomic E-state index is 11.7. The molecule has 0 aromatic carbocycles. The molecule has 0 aromatic heterocycles. The quantitative estimate of drug-likeness (QED) is 0.373. The zero-order chi connectivity index (χ0) is 13.0. The fourth-order valence-corrected chi connectivity index (χ4v) is 1.60. The van der Waals surface area contributed by atoms with Crippen LogP contribution in [0.5, 0.6) is 0 Å². The van der Waals surface area contributed by atoms with E-state index in [-0.39, 0.29) is 13.2 Å². The lowest BCUT2D eigenvalue weighted by Crippen LogP contribution is -2.60. The van der Waals surface area contributed by atoms with Crippen LogP contribution in [-0.4, -0.2) is 47.8 Å². The highest BCUT2D eigenvalue weighted by Crippen LogP contribution is 2.10. The number of rotatable bonds is 2. The van der Waals surface area contributed by atoms with Crippen LogP contribution in [0.4, 0.5) is 0 Å². The van der Waals surface area contributed by atoms with E-state index >= 15 is 0 Å². The first-order chi connectivity index (χ1) is 8.01. The van der Waals surface area contributed by atoms with Crippen LogP contribution in [0.1, 0.15) is 20.3 Å². The van der Waals surface area contributed by atoms with Gasteiger partial charge in [0.05, 0.1) is 6.61 Å². The molecule has 1 aliphatic rings. The van der Waals surface area contributed by atoms with E-state index in [4.69, 9.17) is 0 Å². The molecule has 0 spiro atoms. The van der Waals surface area contributed by atoms with Gasteiger partial charge >= 0.3 is 11.9 Å². The molecule has 7 nitrogen and oxygen atoms in total. The van der Waals surface area contributed by atoms with Crippen molar-refractivity contribution in [3.63, 3.8) is 0 Å². The summed E-state index contributed by atoms with van der Waals surface area (Å²) in [7, 11) is 0. The fraction of sp³-hybridized carbons (Fsp3) is 0.600. The lowest BCUT2D eigenvalue weighted by atomic mass is 10.1. The number of nitrogens with zero attached hydrogens (tertiary/aromatic N) is 1. The summed E-state index contributed by atoms with van der Waals surface area (Å²) in [6.07, 6.45) is 0.324. The van der Waals surface area contributed by atoms with E-state index in [9.17, 15) is 19.2 Å². The summed E-state index contributed by atoms with van der Waals surface area (Å²) < 4.78 is 4.55. The molecule has 94 valence electrons. The number of piperazine rings is 1. The van der Waals surface area contributed by atoms with Gasteiger partial charge in [0.2, 0.25) is 11.8 Å². The minimum absolute atomic E-state index is 0.0648. The number of imide groups is 1. The van der Waals surface area contributed by atoms with E-state index in [1.807, 2.05) is 0 Å². The van der Waals surface area contributed by atoms with Crippen LogP contribution < -0.4 is 5.32 Å². The molecule has 0 saturated carbocycles. The zero-order valence-electron chi connectivity index (χ0n) is 9.69. The highest BCUT2D eigenvalue weighted by Gasteiger charge is 2.38. The van der Waals surface area contributed by atoms with Crippen molar-refractivity contribution in [3.8, 4) is 0 Å². The summed E-state index contributed by atoms with van der Waals surface area (Å²) in [5.74, 6) is -3.17. The Labute approximate surface area is 98.1 Å². The lowest BCUT2D eigenvalue weighted by Gasteiger charge is -2.32. The van der Waals surface area contributed by atoms with Gasteiger partial charge in [0.15, 0.2) is 0 Å². The summed E-state index contributed by atoms with van der Waals surface area (Å²) in [6, 6.07) is -0.801. The third kappa shape index (κ3) is 2.80. The maximum absolute atomic E-state index is 11.7. The standard InChI is InChI=1S/C10H14N2O5/c1-3-6-8(14)11-7(13)5-12(6)9(15)10(16)17-4-2/h6H,3-5H2,1-2H3,(H,11,13,14). The first-order valence-electron chi connectivity index (χ1n) is 5.32. The second kappa shape index (κ2) is 5.42. The van der Waals surface area contributed by atoms with Crippen LogP contribution in [-0.2, 0) is 23.9 Å². The Morgan fingerprint density at radius 2 is 2.06 bits per heavy atom. The molecule has 1 atom stereocenters. The van der Waals surface area contributed by atoms with Crippen molar-refractivity contribution in [3.05, 3.63) is 0 Å². The van der Waals surface area contributed by atoms with Gasteiger partial charge in [-0.2, -0.15) is 0 Å². The van der Waals surface area contributed by atoms with Gasteiger partial charge in [-0.25, -0.2) is 4.79 Å². The Morgan fingerprint density at radius 3 is 2.59 bits per heavy atom. The second-order valence-electron chi connectivity index (χ2n) is 3.49. The highest BCUT2D eigenvalue weighted by atomic mass is 16.5. The molecule has 0 aromatic rings. The fourth-order valence-electron chi connectivity index (χ4n) is 1.60. The predicted octanol–water partition coefficient (Wildman–Crippen LogP) is -1.19. The van der Waals surface area contributed by atoms with Gasteiger partial charge in [0, 0.05) is 0 Å². The second-order valence-corrected chi connectivity index (χ2v) is 3.49. The number of carbonyl (C=O) groups is 4. The molecule has 1 saturated heterocycles. The van der Waals surface area contributed by atoms with E-state index in [1.54, 1.807) is 13.8 Å². The molecule has 0 bridgehead atoms. The predicted molar refractivity (Wildman–Crippen MR) is 55.6 cm³/mol. The minimum atomic E-state index is -1.05. The number of amides is 3. The highest BCUT2D eigenvalue weighted by molar-refractivity contribution is 6.33. The lowest BCUT2D eigenvalue weighted by molar-refractivity contribution is -0.164. The van der Waals surface area contributed by atoms with Gasteiger partial charge in [-0.05, 0) is 13.3 Å². The molecule has 1 unspecified atom stereocenters. The number of carbonyl (C=O) groups excluding carboxylic acids is 4. The van der Waals surface area contributed by atoms with Crippen LogP contribution in [0, 0.1) is 0 Å². The van der Waals surface area contributed by atoms with Crippen LogP contribution in [0.25, 0.3) is 0 Å². The number of ether oxygens (including phenoxy) is 1. The van der Waals surface area contributed by atoms with Crippen LogP contribution in [0.3, 0.4) is 0 Å². The molecule has 1 aliphatic heterocycles. The Kier molecular flexibility index (Phi) is 4.19. The smallest absolute Gasteiger partial charge is 0.397 e. The first kappa shape index (κ1) is 13.1. The average Bonchev–Trinajstić information content (AvgIpc) is 2.27. The summed E-state index contributed by atoms with van der Waals surface area (Å²) in [6.45, 7) is 3.01. The Balaban J connectivity index is 2.84. The molecule has 1 rings (SSSR count). The van der Waals surface area contributed by atoms with Gasteiger partial charge < -0.3 is 9.64 Å². The van der Waals surface area contributed by atoms with Gasteiger partial charge in [-0.3, -0.25) is 19.7 Å². The van der Waals surface area contributed by atoms with E-state index in [0.717, 1.165) is 4.90 Å². The summed E-state index contributed by atoms with van der Waals surface area (Å²) in [4.78, 5) is 46.5. The molecule has 3 amide bonds. The van der Waals surface area contributed by atoms with Gasteiger partial charge in [-0.1, -0.05) is 6.92 Å². The van der Waals surface area contributed by atoms with E-state index in [0.29, 0.717) is 6.42 Å². The van der Waals surface area contributed by atoms with Crippen molar-refractivity contribution in [1.29, 1.82) is 0 Å². The maximum Gasteiger partial charge on any atom is 0.397 e. The molecule has 0 aliphatic carbocycles. The third-order valence-corrected chi connectivity index (χ3v) is 2.35. The summed E-state index contributed by atoms with van der Waals surface area (Å²) >= 11 is 0. The van der Waals surface area contributed by atoms with E-state index < -0.39 is 29.7 Å². The largest absolute Gasteiger partial charge is 0.459 e. The van der Waals surface area contributed by atoms with E-state index in [2.05, 4.69) is 10.1 Å². The minimum Gasteiger partial charge on any atom is -0.459 e. The van der Waals surface area contributed by atoms with Crippen LogP contribution >= 0.6 is 0 Å². The summed E-state index contributed by atoms with van der Waals surface area (Å²) in [5, 5.41) is 2.11. The molecule has 0 radical (unpaired) electrons. The number of nitrogens with one attached hydrogen (secondary N) is 1. The van der Waals surface area contributed by atoms with Gasteiger partial charge in [-0.15, -0.1) is 0 Å². The Hall–Kier alpha value is -1.92. The summed E-state index contributed by atoms with van der Waals surface area (Å²) in [5.41, 5.74) is 0. The van der Waals surface area contributed by atoms with Crippen molar-refractivity contribution in [1.82, 2.24) is 10.2 Å². The monoisotopic (exact) mass is 242 g/mol. The Morgan fingerprint density at radius 1 is 1.41 bits per heavy atom.